The number of amides is 2. The van der Waals surface area contributed by atoms with Crippen molar-refractivity contribution in [2.45, 2.75) is 58.8 Å². The van der Waals surface area contributed by atoms with Gasteiger partial charge in [0.25, 0.3) is 0 Å². The van der Waals surface area contributed by atoms with E-state index < -0.39 is 34.5 Å². The van der Waals surface area contributed by atoms with Crippen LogP contribution in [0.2, 0.25) is 0 Å². The number of ether oxygens (including phenoxy) is 2. The van der Waals surface area contributed by atoms with Crippen LogP contribution in [0, 0.1) is 0 Å². The highest BCUT2D eigenvalue weighted by Crippen LogP contribution is 2.15. The molecule has 0 unspecified atom stereocenters. The van der Waals surface area contributed by atoms with Crippen molar-refractivity contribution in [2.75, 3.05) is 5.75 Å². The molecule has 0 aromatic carbocycles. The van der Waals surface area contributed by atoms with Crippen molar-refractivity contribution in [3.05, 3.63) is 0 Å². The monoisotopic (exact) mass is 320 g/mol. The van der Waals surface area contributed by atoms with Gasteiger partial charge in [-0.3, -0.25) is 4.79 Å². The number of nitrogens with two attached hydrogens (primary N) is 1. The maximum Gasteiger partial charge on any atom is 0.408 e. The predicted octanol–water partition coefficient (Wildman–Crippen LogP) is 2.03. The molecule has 0 fully saturated rings. The fourth-order valence-corrected chi connectivity index (χ4v) is 1.93. The molecule has 3 N–H and O–H groups in total. The standard InChI is InChI=1S/C13H24N2O5S/c1-12(2,3)19-10(17)15-8(9(14)16)7-21-11(18)20-13(4,5)6/h8H,7H2,1-6H3,(H2,14,16)(H,15,17)/t8-/m0/s1. The van der Waals surface area contributed by atoms with E-state index in [4.69, 9.17) is 15.2 Å². The number of hydrogen-bond donors (Lipinski definition) is 2. The topological polar surface area (TPSA) is 108 Å². The van der Waals surface area contributed by atoms with Crippen LogP contribution in [0.5, 0.6) is 0 Å². The molecule has 0 aliphatic heterocycles. The molecule has 0 heterocycles. The highest BCUT2D eigenvalue weighted by atomic mass is 32.2. The first-order chi connectivity index (χ1) is 9.30. The molecule has 0 aromatic heterocycles. The first-order valence-corrected chi connectivity index (χ1v) is 7.43. The number of carbonyl (C=O) groups excluding carboxylic acids is 3. The van der Waals surface area contributed by atoms with Gasteiger partial charge >= 0.3 is 11.4 Å². The maximum atomic E-state index is 11.6. The molecule has 2 amide bonds. The second-order valence-corrected chi connectivity index (χ2v) is 7.33. The largest absolute Gasteiger partial charge is 0.452 e. The smallest absolute Gasteiger partial charge is 0.408 e. The summed E-state index contributed by atoms with van der Waals surface area (Å²) in [6.45, 7) is 10.3. The summed E-state index contributed by atoms with van der Waals surface area (Å²) in [7, 11) is 0. The minimum Gasteiger partial charge on any atom is -0.452 e. The third-order valence-electron chi connectivity index (χ3n) is 1.79. The van der Waals surface area contributed by atoms with Crippen LogP contribution in [0.15, 0.2) is 0 Å². The summed E-state index contributed by atoms with van der Waals surface area (Å²) in [5.41, 5.74) is 3.88. The molecule has 0 saturated carbocycles. The van der Waals surface area contributed by atoms with Gasteiger partial charge < -0.3 is 20.5 Å². The molecule has 0 aliphatic carbocycles. The molecular weight excluding hydrogens is 296 g/mol. The van der Waals surface area contributed by atoms with Crippen molar-refractivity contribution in [3.8, 4) is 0 Å². The minimum atomic E-state index is -1.02. The van der Waals surface area contributed by atoms with Gasteiger partial charge in [-0.2, -0.15) is 0 Å². The number of nitrogens with one attached hydrogen (secondary N) is 1. The van der Waals surface area contributed by atoms with Crippen LogP contribution in [0.1, 0.15) is 41.5 Å². The van der Waals surface area contributed by atoms with Gasteiger partial charge in [-0.1, -0.05) is 0 Å². The highest BCUT2D eigenvalue weighted by Gasteiger charge is 2.25. The normalized spacial score (nSPS) is 13.2. The number of carbonyl (C=O) groups is 3. The van der Waals surface area contributed by atoms with Gasteiger partial charge in [0.2, 0.25) is 5.91 Å². The van der Waals surface area contributed by atoms with E-state index >= 15 is 0 Å². The number of thioether (sulfide) groups is 1. The summed E-state index contributed by atoms with van der Waals surface area (Å²) < 4.78 is 10.1. The van der Waals surface area contributed by atoms with Crippen molar-refractivity contribution in [2.24, 2.45) is 5.73 Å². The van der Waals surface area contributed by atoms with E-state index in [0.29, 0.717) is 0 Å². The highest BCUT2D eigenvalue weighted by molar-refractivity contribution is 8.13. The average Bonchev–Trinajstić information content (AvgIpc) is 2.18. The lowest BCUT2D eigenvalue weighted by Gasteiger charge is -2.22. The summed E-state index contributed by atoms with van der Waals surface area (Å²) in [6, 6.07) is -1.02. The first kappa shape index (κ1) is 19.6. The van der Waals surface area contributed by atoms with Gasteiger partial charge in [-0.25, -0.2) is 9.59 Å². The first-order valence-electron chi connectivity index (χ1n) is 6.45. The van der Waals surface area contributed by atoms with E-state index in [1.165, 1.54) is 0 Å². The summed E-state index contributed by atoms with van der Waals surface area (Å²) in [5.74, 6) is -0.777. The molecule has 0 spiro atoms. The van der Waals surface area contributed by atoms with Crippen LogP contribution in [0.4, 0.5) is 9.59 Å². The zero-order valence-corrected chi connectivity index (χ0v) is 14.1. The van der Waals surface area contributed by atoms with Gasteiger partial charge in [-0.15, -0.1) is 0 Å². The molecular formula is C13H24N2O5S. The Bertz CT molecular complexity index is 398. The Labute approximate surface area is 129 Å². The van der Waals surface area contributed by atoms with E-state index in [1.54, 1.807) is 41.5 Å². The van der Waals surface area contributed by atoms with Crippen LogP contribution in [0.3, 0.4) is 0 Å². The fraction of sp³-hybridized carbons (Fsp3) is 0.769. The van der Waals surface area contributed by atoms with E-state index in [9.17, 15) is 14.4 Å². The Hall–Kier alpha value is -1.44. The van der Waals surface area contributed by atoms with E-state index in [-0.39, 0.29) is 5.75 Å². The van der Waals surface area contributed by atoms with E-state index in [1.807, 2.05) is 0 Å². The molecule has 7 nitrogen and oxygen atoms in total. The van der Waals surface area contributed by atoms with Crippen molar-refractivity contribution in [1.29, 1.82) is 0 Å². The summed E-state index contributed by atoms with van der Waals surface area (Å²) >= 11 is 0.767. The predicted molar refractivity (Wildman–Crippen MR) is 81.0 cm³/mol. The average molecular weight is 320 g/mol. The number of primary amides is 1. The zero-order chi connectivity index (χ0) is 16.8. The lowest BCUT2D eigenvalue weighted by Crippen LogP contribution is -2.48. The molecule has 0 bridgehead atoms. The van der Waals surface area contributed by atoms with Crippen LogP contribution < -0.4 is 11.1 Å². The number of hydrogen-bond acceptors (Lipinski definition) is 6. The second-order valence-electron chi connectivity index (χ2n) is 6.38. The third kappa shape index (κ3) is 10.9. The molecule has 0 radical (unpaired) electrons. The lowest BCUT2D eigenvalue weighted by molar-refractivity contribution is -0.119. The van der Waals surface area contributed by atoms with Gasteiger partial charge in [0.15, 0.2) is 0 Å². The van der Waals surface area contributed by atoms with Crippen LogP contribution in [0.25, 0.3) is 0 Å². The molecule has 8 heteroatoms. The second kappa shape index (κ2) is 7.53. The van der Waals surface area contributed by atoms with Crippen LogP contribution in [-0.4, -0.2) is 40.3 Å². The SMILES string of the molecule is CC(C)(C)OC(=O)N[C@@H](CSC(=O)OC(C)(C)C)C(N)=O. The molecule has 21 heavy (non-hydrogen) atoms. The zero-order valence-electron chi connectivity index (χ0n) is 13.3. The van der Waals surface area contributed by atoms with Gasteiger partial charge in [0, 0.05) is 5.75 Å². The Kier molecular flexibility index (Phi) is 7.02. The maximum absolute atomic E-state index is 11.6. The minimum absolute atomic E-state index is 0.0243. The Morgan fingerprint density at radius 3 is 1.90 bits per heavy atom. The summed E-state index contributed by atoms with van der Waals surface area (Å²) in [4.78, 5) is 34.4. The number of alkyl carbamates (subject to hydrolysis) is 1. The Balaban J connectivity index is 4.42. The fourth-order valence-electron chi connectivity index (χ4n) is 1.08. The molecule has 0 rings (SSSR count). The van der Waals surface area contributed by atoms with Crippen molar-refractivity contribution < 1.29 is 23.9 Å². The van der Waals surface area contributed by atoms with Crippen molar-refractivity contribution in [3.63, 3.8) is 0 Å². The van der Waals surface area contributed by atoms with Gasteiger partial charge in [0.05, 0.1) is 0 Å². The molecule has 0 aliphatic rings. The van der Waals surface area contributed by atoms with Crippen molar-refractivity contribution in [1.82, 2.24) is 5.32 Å². The summed E-state index contributed by atoms with van der Waals surface area (Å²) in [5, 5.41) is 1.78. The molecule has 0 saturated heterocycles. The van der Waals surface area contributed by atoms with Gasteiger partial charge in [0.1, 0.15) is 17.2 Å². The number of rotatable bonds is 4. The molecule has 1 atom stereocenters. The summed E-state index contributed by atoms with van der Waals surface area (Å²) in [6.07, 6.45) is -0.768. The van der Waals surface area contributed by atoms with Crippen LogP contribution in [-0.2, 0) is 14.3 Å². The van der Waals surface area contributed by atoms with E-state index in [2.05, 4.69) is 5.32 Å². The molecule has 122 valence electrons. The van der Waals surface area contributed by atoms with Crippen LogP contribution >= 0.6 is 11.8 Å². The Morgan fingerprint density at radius 1 is 1.05 bits per heavy atom. The molecule has 0 aromatic rings. The Morgan fingerprint density at radius 2 is 1.52 bits per heavy atom. The lowest BCUT2D eigenvalue weighted by atomic mass is 10.2. The van der Waals surface area contributed by atoms with Crippen molar-refractivity contribution >= 4 is 29.1 Å². The quantitative estimate of drug-likeness (QED) is 0.767. The third-order valence-corrected chi connectivity index (χ3v) is 2.61. The van der Waals surface area contributed by atoms with Gasteiger partial charge in [-0.05, 0) is 53.3 Å². The van der Waals surface area contributed by atoms with E-state index in [0.717, 1.165) is 11.8 Å².